The number of carbonyl (C=O) groups is 11. The number of hydrogen-bond donors (Lipinski definition) is 0. The van der Waals surface area contributed by atoms with Crippen LogP contribution in [0.15, 0.2) is 42.5 Å². The average Bonchev–Trinajstić information content (AvgIpc) is 3.28. The highest BCUT2D eigenvalue weighted by atomic mass is 16.8. The normalized spacial score (nSPS) is 23.0. The Labute approximate surface area is 428 Å². The first-order valence-corrected chi connectivity index (χ1v) is 22.7. The van der Waals surface area contributed by atoms with Gasteiger partial charge in [0.15, 0.2) is 66.1 Å². The highest BCUT2D eigenvalue weighted by Gasteiger charge is 2.58. The molecule has 0 aliphatic carbocycles. The van der Waals surface area contributed by atoms with Crippen molar-refractivity contribution in [3.8, 4) is 23.0 Å². The molecule has 2 aromatic carbocycles. The van der Waals surface area contributed by atoms with Gasteiger partial charge in [-0.1, -0.05) is 12.1 Å². The van der Waals surface area contributed by atoms with E-state index in [9.17, 15) is 52.7 Å². The van der Waals surface area contributed by atoms with Crippen LogP contribution in [0, 0.1) is 0 Å². The lowest BCUT2D eigenvalue weighted by Gasteiger charge is -2.48. The van der Waals surface area contributed by atoms with Crippen LogP contribution in [0.4, 0.5) is 0 Å². The molecule has 2 aromatic rings. The third-order valence-electron chi connectivity index (χ3n) is 9.91. The first-order chi connectivity index (χ1) is 35.3. The molecule has 2 aliphatic heterocycles. The van der Waals surface area contributed by atoms with Crippen molar-refractivity contribution in [2.24, 2.45) is 0 Å². The zero-order valence-electron chi connectivity index (χ0n) is 42.3. The van der Waals surface area contributed by atoms with Crippen molar-refractivity contribution in [3.05, 3.63) is 53.6 Å². The quantitative estimate of drug-likeness (QED) is 0.0749. The highest BCUT2D eigenvalue weighted by Crippen LogP contribution is 2.37. The summed E-state index contributed by atoms with van der Waals surface area (Å²) in [5, 5.41) is 0. The second kappa shape index (κ2) is 28.0. The van der Waals surface area contributed by atoms with Crippen molar-refractivity contribution in [2.75, 3.05) is 19.8 Å². The molecule has 75 heavy (non-hydrogen) atoms. The van der Waals surface area contributed by atoms with Crippen LogP contribution in [0.1, 0.15) is 80.4 Å². The van der Waals surface area contributed by atoms with E-state index >= 15 is 0 Å². The fraction of sp³-hybridized carbons (Fsp3) is 0.490. The predicted octanol–water partition coefficient (Wildman–Crippen LogP) is 2.26. The van der Waals surface area contributed by atoms with Crippen LogP contribution >= 0.6 is 0 Å². The minimum Gasteiger partial charge on any atom is -0.463 e. The number of rotatable bonds is 21. The zero-order chi connectivity index (χ0) is 55.7. The maximum absolute atomic E-state index is 14.0. The van der Waals surface area contributed by atoms with E-state index in [1.165, 1.54) is 42.5 Å². The lowest BCUT2D eigenvalue weighted by atomic mass is 9.96. The molecule has 0 radical (unpaired) electrons. The second-order valence-corrected chi connectivity index (χ2v) is 16.3. The van der Waals surface area contributed by atoms with E-state index in [1.54, 1.807) is 0 Å². The molecule has 408 valence electrons. The molecule has 0 bridgehead atoms. The van der Waals surface area contributed by atoms with Crippen LogP contribution < -0.4 is 18.9 Å². The van der Waals surface area contributed by atoms with Gasteiger partial charge in [0, 0.05) is 75.3 Å². The van der Waals surface area contributed by atoms with Gasteiger partial charge in [-0.2, -0.15) is 0 Å². The lowest BCUT2D eigenvalue weighted by Crippen LogP contribution is -2.67. The van der Waals surface area contributed by atoms with Gasteiger partial charge in [0.05, 0.1) is 6.61 Å². The van der Waals surface area contributed by atoms with Gasteiger partial charge in [0.2, 0.25) is 0 Å². The van der Waals surface area contributed by atoms with Crippen LogP contribution in [0.25, 0.3) is 6.08 Å². The molecule has 2 heterocycles. The first-order valence-electron chi connectivity index (χ1n) is 22.7. The smallest absolute Gasteiger partial charge is 0.331 e. The van der Waals surface area contributed by atoms with Crippen molar-refractivity contribution >= 4 is 71.7 Å². The van der Waals surface area contributed by atoms with Gasteiger partial charge in [0.25, 0.3) is 0 Å². The molecule has 0 spiro atoms. The Bertz CT molecular complexity index is 2500. The molecule has 2 saturated heterocycles. The summed E-state index contributed by atoms with van der Waals surface area (Å²) in [5.41, 5.74) is 0.649. The van der Waals surface area contributed by atoms with Crippen molar-refractivity contribution in [1.29, 1.82) is 0 Å². The topological polar surface area (TPSA) is 326 Å². The third-order valence-corrected chi connectivity index (χ3v) is 9.91. The number of carbonyl (C=O) groups excluding carboxylic acids is 11. The maximum Gasteiger partial charge on any atom is 0.331 e. The Hall–Kier alpha value is -7.81. The summed E-state index contributed by atoms with van der Waals surface area (Å²) in [6.45, 7) is 8.86. The molecular formula is C49H56O26. The van der Waals surface area contributed by atoms with E-state index in [1.807, 2.05) is 0 Å². The highest BCUT2D eigenvalue weighted by molar-refractivity contribution is 5.87. The summed E-state index contributed by atoms with van der Waals surface area (Å²) in [5.74, 6) is -10.2. The van der Waals surface area contributed by atoms with Crippen LogP contribution in [0.2, 0.25) is 0 Å². The molecule has 0 unspecified atom stereocenters. The molecule has 26 nitrogen and oxygen atoms in total. The van der Waals surface area contributed by atoms with Gasteiger partial charge >= 0.3 is 65.7 Å². The summed E-state index contributed by atoms with van der Waals surface area (Å²) in [7, 11) is 0. The monoisotopic (exact) mass is 1060 g/mol. The number of ether oxygens (including phenoxy) is 15. The fourth-order valence-corrected chi connectivity index (χ4v) is 7.33. The molecule has 2 fully saturated rings. The Morgan fingerprint density at radius 2 is 0.867 bits per heavy atom. The van der Waals surface area contributed by atoms with Crippen LogP contribution in [-0.4, -0.2) is 147 Å². The van der Waals surface area contributed by atoms with Crippen molar-refractivity contribution in [1.82, 2.24) is 0 Å². The summed E-state index contributed by atoms with van der Waals surface area (Å²) < 4.78 is 84.7. The fourth-order valence-electron chi connectivity index (χ4n) is 7.33. The summed E-state index contributed by atoms with van der Waals surface area (Å²) in [6.07, 6.45) is -15.7. The standard InChI is InChI=1S/C49H56O26/c1-23(50)62-21-39-42(68-29(7)56)44(69-30(8)57)47(71-32(10)59)49(73-39)75-45-43(74-41(60)16-13-33-11-14-35(64-25(3)52)37(19-33)66-27(5)54)40(22-63-24(2)51)72-48(46(45)70-31(9)58)61-18-17-34-12-15-36(65-26(4)53)38(20-34)67-28(6)55/h11-16,19-20,39-40,42-49H,17-18,21-22H2,1-10H3/b16-13+/t39-,40-,42-,43-,44+,45+,46-,47-,48-,49+/m0/s1. The minimum absolute atomic E-state index is 0.00860. The van der Waals surface area contributed by atoms with Crippen LogP contribution in [0.3, 0.4) is 0 Å². The van der Waals surface area contributed by atoms with E-state index in [2.05, 4.69) is 0 Å². The Morgan fingerprint density at radius 1 is 0.440 bits per heavy atom. The molecule has 0 aromatic heterocycles. The van der Waals surface area contributed by atoms with Crippen LogP contribution in [0.5, 0.6) is 23.0 Å². The van der Waals surface area contributed by atoms with Crippen LogP contribution in [-0.2, 0) is 111 Å². The summed E-state index contributed by atoms with van der Waals surface area (Å²) in [4.78, 5) is 137. The Kier molecular flexibility index (Phi) is 22.3. The molecule has 0 N–H and O–H groups in total. The van der Waals surface area contributed by atoms with E-state index in [-0.39, 0.29) is 41.6 Å². The maximum atomic E-state index is 14.0. The first kappa shape index (κ1) is 59.8. The number of hydrogen-bond acceptors (Lipinski definition) is 26. The van der Waals surface area contributed by atoms with Gasteiger partial charge in [-0.05, 0) is 47.9 Å². The van der Waals surface area contributed by atoms with E-state index < -0.39 is 140 Å². The van der Waals surface area contributed by atoms with Gasteiger partial charge in [-0.3, -0.25) is 47.9 Å². The van der Waals surface area contributed by atoms with Crippen molar-refractivity contribution in [3.63, 3.8) is 0 Å². The number of esters is 11. The number of benzene rings is 2. The summed E-state index contributed by atoms with van der Waals surface area (Å²) in [6, 6.07) is 8.22. The minimum atomic E-state index is -2.01. The molecular weight excluding hydrogens is 1000 g/mol. The summed E-state index contributed by atoms with van der Waals surface area (Å²) >= 11 is 0. The van der Waals surface area contributed by atoms with Gasteiger partial charge < -0.3 is 71.1 Å². The second-order valence-electron chi connectivity index (χ2n) is 16.3. The zero-order valence-corrected chi connectivity index (χ0v) is 42.3. The lowest BCUT2D eigenvalue weighted by molar-refractivity contribution is -0.361. The molecule has 0 saturated carbocycles. The van der Waals surface area contributed by atoms with Gasteiger partial charge in [-0.25, -0.2) is 4.79 Å². The van der Waals surface area contributed by atoms with Crippen molar-refractivity contribution < 1.29 is 124 Å². The van der Waals surface area contributed by atoms with E-state index in [0.29, 0.717) is 5.56 Å². The van der Waals surface area contributed by atoms with Gasteiger partial charge in [0.1, 0.15) is 31.5 Å². The molecule has 10 atom stereocenters. The third kappa shape index (κ3) is 19.2. The van der Waals surface area contributed by atoms with Crippen molar-refractivity contribution in [2.45, 2.75) is 137 Å². The molecule has 4 rings (SSSR count). The van der Waals surface area contributed by atoms with Gasteiger partial charge in [-0.15, -0.1) is 0 Å². The molecule has 0 amide bonds. The SMILES string of the molecule is CC(=O)OC[C@@H]1O[C@H](O[C@H]2[C@H](OC(C)=O)[C@@H](OCCc3ccc(OC(C)=O)c(OC(C)=O)c3)O[C@@H](COC(C)=O)[C@@H]2OC(=O)/C=C/c2ccc(OC(C)=O)c(OC(C)=O)c2)[C@@H](OC(C)=O)[C@H](OC(C)=O)[C@H]1OC(C)=O. The molecule has 26 heteroatoms. The largest absolute Gasteiger partial charge is 0.463 e. The van der Waals surface area contributed by atoms with E-state index in [0.717, 1.165) is 75.3 Å². The predicted molar refractivity (Wildman–Crippen MR) is 244 cm³/mol. The average molecular weight is 1060 g/mol. The Balaban J connectivity index is 1.88. The Morgan fingerprint density at radius 3 is 1.36 bits per heavy atom. The molecule has 2 aliphatic rings. The van der Waals surface area contributed by atoms with E-state index in [4.69, 9.17) is 71.1 Å².